The zero-order valence-electron chi connectivity index (χ0n) is 13.6. The third-order valence-electron chi connectivity index (χ3n) is 3.03. The Morgan fingerprint density at radius 3 is 2.67 bits per heavy atom. The molecule has 1 amide bonds. The molecule has 124 valence electrons. The van der Waals surface area contributed by atoms with Crippen LogP contribution in [0.4, 0.5) is 0 Å². The molecule has 0 bridgehead atoms. The summed E-state index contributed by atoms with van der Waals surface area (Å²) in [5, 5.41) is 3.97. The van der Waals surface area contributed by atoms with E-state index in [-0.39, 0.29) is 5.91 Å². The van der Waals surface area contributed by atoms with Gasteiger partial charge in [0.25, 0.3) is 5.91 Å². The van der Waals surface area contributed by atoms with Crippen molar-refractivity contribution >= 4 is 12.1 Å². The SMILES string of the molecule is C=CCOc1cccc(/C=N\NC(=O)c2ccc(OCC)cc2)c1. The molecule has 5 nitrogen and oxygen atoms in total. The van der Waals surface area contributed by atoms with E-state index in [0.717, 1.165) is 17.1 Å². The summed E-state index contributed by atoms with van der Waals surface area (Å²) in [5.41, 5.74) is 3.83. The molecule has 0 saturated heterocycles. The average Bonchev–Trinajstić information content (AvgIpc) is 2.61. The predicted octanol–water partition coefficient (Wildman–Crippen LogP) is 3.41. The fourth-order valence-electron chi connectivity index (χ4n) is 1.94. The number of benzene rings is 2. The summed E-state index contributed by atoms with van der Waals surface area (Å²) in [4.78, 5) is 12.0. The molecule has 2 aromatic rings. The van der Waals surface area contributed by atoms with Gasteiger partial charge >= 0.3 is 0 Å². The predicted molar refractivity (Wildman–Crippen MR) is 94.8 cm³/mol. The number of ether oxygens (including phenoxy) is 2. The summed E-state index contributed by atoms with van der Waals surface area (Å²) in [6.07, 6.45) is 3.24. The van der Waals surface area contributed by atoms with Crippen LogP contribution in [0.3, 0.4) is 0 Å². The van der Waals surface area contributed by atoms with Gasteiger partial charge in [0.1, 0.15) is 18.1 Å². The molecule has 0 unspecified atom stereocenters. The number of carbonyl (C=O) groups is 1. The number of nitrogens with zero attached hydrogens (tertiary/aromatic N) is 1. The second kappa shape index (κ2) is 9.15. The second-order valence-corrected chi connectivity index (χ2v) is 4.83. The van der Waals surface area contributed by atoms with E-state index >= 15 is 0 Å². The lowest BCUT2D eigenvalue weighted by Gasteiger charge is -2.04. The Labute approximate surface area is 141 Å². The van der Waals surface area contributed by atoms with E-state index in [0.29, 0.717) is 18.8 Å². The molecule has 2 rings (SSSR count). The first-order valence-electron chi connectivity index (χ1n) is 7.63. The van der Waals surface area contributed by atoms with Crippen LogP contribution in [0, 0.1) is 0 Å². The molecule has 2 aromatic carbocycles. The topological polar surface area (TPSA) is 59.9 Å². The van der Waals surface area contributed by atoms with Crippen molar-refractivity contribution in [3.05, 3.63) is 72.3 Å². The molecular formula is C19H20N2O3. The lowest BCUT2D eigenvalue weighted by Crippen LogP contribution is -2.17. The molecular weight excluding hydrogens is 304 g/mol. The van der Waals surface area contributed by atoms with Gasteiger partial charge in [0.05, 0.1) is 12.8 Å². The van der Waals surface area contributed by atoms with Gasteiger partial charge in [-0.25, -0.2) is 5.43 Å². The second-order valence-electron chi connectivity index (χ2n) is 4.83. The molecule has 0 aliphatic rings. The molecule has 0 heterocycles. The van der Waals surface area contributed by atoms with Gasteiger partial charge in [0.2, 0.25) is 0 Å². The normalized spacial score (nSPS) is 10.4. The van der Waals surface area contributed by atoms with Crippen LogP contribution in [0.1, 0.15) is 22.8 Å². The summed E-state index contributed by atoms with van der Waals surface area (Å²) in [5.74, 6) is 1.17. The average molecular weight is 324 g/mol. The Kier molecular flexibility index (Phi) is 6.58. The highest BCUT2D eigenvalue weighted by Gasteiger charge is 2.04. The van der Waals surface area contributed by atoms with Crippen molar-refractivity contribution in [1.29, 1.82) is 0 Å². The van der Waals surface area contributed by atoms with Crippen LogP contribution in [0.2, 0.25) is 0 Å². The van der Waals surface area contributed by atoms with Crippen molar-refractivity contribution in [2.24, 2.45) is 5.10 Å². The van der Waals surface area contributed by atoms with Gasteiger partial charge in [-0.15, -0.1) is 0 Å². The van der Waals surface area contributed by atoms with E-state index in [1.54, 1.807) is 36.6 Å². The number of hydrazone groups is 1. The first kappa shape index (κ1) is 17.3. The number of nitrogens with one attached hydrogen (secondary N) is 1. The van der Waals surface area contributed by atoms with E-state index in [1.807, 2.05) is 31.2 Å². The van der Waals surface area contributed by atoms with Crippen LogP contribution < -0.4 is 14.9 Å². The fraction of sp³-hybridized carbons (Fsp3) is 0.158. The number of amides is 1. The highest BCUT2D eigenvalue weighted by molar-refractivity contribution is 5.95. The molecule has 0 aliphatic carbocycles. The quantitative estimate of drug-likeness (QED) is 0.460. The van der Waals surface area contributed by atoms with Crippen LogP contribution in [0.5, 0.6) is 11.5 Å². The molecule has 0 atom stereocenters. The van der Waals surface area contributed by atoms with E-state index in [2.05, 4.69) is 17.1 Å². The van der Waals surface area contributed by atoms with Gasteiger partial charge in [-0.3, -0.25) is 4.79 Å². The summed E-state index contributed by atoms with van der Waals surface area (Å²) in [6, 6.07) is 14.3. The van der Waals surface area contributed by atoms with Crippen molar-refractivity contribution in [2.75, 3.05) is 13.2 Å². The Morgan fingerprint density at radius 1 is 1.17 bits per heavy atom. The van der Waals surface area contributed by atoms with Crippen molar-refractivity contribution in [3.63, 3.8) is 0 Å². The van der Waals surface area contributed by atoms with E-state index in [1.165, 1.54) is 0 Å². The Hall–Kier alpha value is -3.08. The molecule has 0 fully saturated rings. The number of carbonyl (C=O) groups excluding carboxylic acids is 1. The minimum Gasteiger partial charge on any atom is -0.494 e. The monoisotopic (exact) mass is 324 g/mol. The van der Waals surface area contributed by atoms with Crippen LogP contribution in [-0.4, -0.2) is 25.3 Å². The van der Waals surface area contributed by atoms with Crippen LogP contribution in [0.15, 0.2) is 66.3 Å². The molecule has 0 aromatic heterocycles. The van der Waals surface area contributed by atoms with Crippen LogP contribution >= 0.6 is 0 Å². The molecule has 0 aliphatic heterocycles. The number of hydrogen-bond donors (Lipinski definition) is 1. The minimum atomic E-state index is -0.284. The summed E-state index contributed by atoms with van der Waals surface area (Å²) < 4.78 is 10.8. The Balaban J connectivity index is 1.93. The maximum absolute atomic E-state index is 12.0. The lowest BCUT2D eigenvalue weighted by molar-refractivity contribution is 0.0955. The van der Waals surface area contributed by atoms with Crippen molar-refractivity contribution < 1.29 is 14.3 Å². The maximum Gasteiger partial charge on any atom is 0.271 e. The highest BCUT2D eigenvalue weighted by atomic mass is 16.5. The standard InChI is InChI=1S/C19H20N2O3/c1-3-12-24-18-7-5-6-15(13-18)14-20-21-19(22)16-8-10-17(11-9-16)23-4-2/h3,5-11,13-14H,1,4,12H2,2H3,(H,21,22)/b20-14-. The van der Waals surface area contributed by atoms with Crippen molar-refractivity contribution in [1.82, 2.24) is 5.43 Å². The van der Waals surface area contributed by atoms with Crippen LogP contribution in [-0.2, 0) is 0 Å². The molecule has 0 spiro atoms. The Morgan fingerprint density at radius 2 is 1.96 bits per heavy atom. The van der Waals surface area contributed by atoms with Gasteiger partial charge in [0.15, 0.2) is 0 Å². The van der Waals surface area contributed by atoms with Crippen molar-refractivity contribution in [3.8, 4) is 11.5 Å². The molecule has 5 heteroatoms. The molecule has 1 N–H and O–H groups in total. The van der Waals surface area contributed by atoms with Crippen LogP contribution in [0.25, 0.3) is 0 Å². The van der Waals surface area contributed by atoms with E-state index in [4.69, 9.17) is 9.47 Å². The zero-order chi connectivity index (χ0) is 17.2. The highest BCUT2D eigenvalue weighted by Crippen LogP contribution is 2.13. The van der Waals surface area contributed by atoms with Gasteiger partial charge in [-0.1, -0.05) is 24.8 Å². The lowest BCUT2D eigenvalue weighted by atomic mass is 10.2. The minimum absolute atomic E-state index is 0.284. The van der Waals surface area contributed by atoms with E-state index < -0.39 is 0 Å². The van der Waals surface area contributed by atoms with E-state index in [9.17, 15) is 4.79 Å². The summed E-state index contributed by atoms with van der Waals surface area (Å²) >= 11 is 0. The zero-order valence-corrected chi connectivity index (χ0v) is 13.6. The largest absolute Gasteiger partial charge is 0.494 e. The summed E-state index contributed by atoms with van der Waals surface area (Å²) in [6.45, 7) is 6.54. The van der Waals surface area contributed by atoms with Gasteiger partial charge in [0, 0.05) is 5.56 Å². The van der Waals surface area contributed by atoms with Crippen molar-refractivity contribution in [2.45, 2.75) is 6.92 Å². The van der Waals surface area contributed by atoms with Gasteiger partial charge < -0.3 is 9.47 Å². The summed E-state index contributed by atoms with van der Waals surface area (Å²) in [7, 11) is 0. The Bertz CT molecular complexity index is 709. The smallest absolute Gasteiger partial charge is 0.271 e. The first-order chi connectivity index (χ1) is 11.7. The first-order valence-corrected chi connectivity index (χ1v) is 7.63. The maximum atomic E-state index is 12.0. The molecule has 0 saturated carbocycles. The third kappa shape index (κ3) is 5.28. The number of rotatable bonds is 8. The molecule has 0 radical (unpaired) electrons. The fourth-order valence-corrected chi connectivity index (χ4v) is 1.94. The number of hydrogen-bond acceptors (Lipinski definition) is 4. The molecule has 24 heavy (non-hydrogen) atoms. The van der Waals surface area contributed by atoms with Gasteiger partial charge in [-0.05, 0) is 48.9 Å². The van der Waals surface area contributed by atoms with Gasteiger partial charge in [-0.2, -0.15) is 5.10 Å². The third-order valence-corrected chi connectivity index (χ3v) is 3.03.